The molecule has 2 aromatic rings. The number of hydrogen-bond donors (Lipinski definition) is 2. The molecular formula is C13H13N3O3S. The highest BCUT2D eigenvalue weighted by molar-refractivity contribution is 7.09. The van der Waals surface area contributed by atoms with Gasteiger partial charge in [0.15, 0.2) is 0 Å². The molecule has 1 amide bonds. The Morgan fingerprint density at radius 3 is 2.90 bits per heavy atom. The normalized spacial score (nSPS) is 10.2. The van der Waals surface area contributed by atoms with Crippen molar-refractivity contribution in [1.82, 2.24) is 15.3 Å². The minimum absolute atomic E-state index is 0.146. The summed E-state index contributed by atoms with van der Waals surface area (Å²) in [5, 5.41) is 14.5. The lowest BCUT2D eigenvalue weighted by atomic mass is 10.2. The molecule has 0 aromatic carbocycles. The summed E-state index contributed by atoms with van der Waals surface area (Å²) >= 11 is 1.57. The Kier molecular flexibility index (Phi) is 4.41. The van der Waals surface area contributed by atoms with E-state index in [9.17, 15) is 9.59 Å². The topological polar surface area (TPSA) is 92.2 Å². The number of aryl methyl sites for hydroxylation is 1. The number of nitrogens with one attached hydrogen (secondary N) is 1. The van der Waals surface area contributed by atoms with Crippen molar-refractivity contribution in [3.8, 4) is 0 Å². The van der Waals surface area contributed by atoms with Gasteiger partial charge in [-0.2, -0.15) is 0 Å². The first kappa shape index (κ1) is 14.1. The van der Waals surface area contributed by atoms with Gasteiger partial charge in [0.05, 0.1) is 10.7 Å². The zero-order chi connectivity index (χ0) is 14.5. The first-order valence-corrected chi connectivity index (χ1v) is 6.83. The highest BCUT2D eigenvalue weighted by Crippen LogP contribution is 2.08. The van der Waals surface area contributed by atoms with Crippen molar-refractivity contribution in [2.45, 2.75) is 13.3 Å². The van der Waals surface area contributed by atoms with Crippen molar-refractivity contribution in [2.24, 2.45) is 0 Å². The van der Waals surface area contributed by atoms with Crippen LogP contribution >= 0.6 is 11.3 Å². The van der Waals surface area contributed by atoms with E-state index >= 15 is 0 Å². The van der Waals surface area contributed by atoms with E-state index in [1.165, 1.54) is 18.3 Å². The third kappa shape index (κ3) is 3.61. The highest BCUT2D eigenvalue weighted by atomic mass is 32.1. The lowest BCUT2D eigenvalue weighted by Gasteiger charge is -2.04. The minimum Gasteiger partial charge on any atom is -0.477 e. The summed E-state index contributed by atoms with van der Waals surface area (Å²) in [6.45, 7) is 2.38. The summed E-state index contributed by atoms with van der Waals surface area (Å²) in [6.07, 6.45) is 1.95. The molecule has 2 aromatic heterocycles. The third-order valence-corrected chi connectivity index (χ3v) is 3.40. The smallest absolute Gasteiger partial charge is 0.354 e. The maximum absolute atomic E-state index is 11.9. The summed E-state index contributed by atoms with van der Waals surface area (Å²) in [7, 11) is 0. The lowest BCUT2D eigenvalue weighted by Crippen LogP contribution is -2.26. The number of carboxylic acid groups (broad SMARTS) is 1. The average Bonchev–Trinajstić information content (AvgIpc) is 2.84. The monoisotopic (exact) mass is 291 g/mol. The van der Waals surface area contributed by atoms with Gasteiger partial charge in [-0.3, -0.25) is 4.79 Å². The first-order valence-electron chi connectivity index (χ1n) is 5.95. The molecule has 2 rings (SSSR count). The van der Waals surface area contributed by atoms with Crippen molar-refractivity contribution in [3.63, 3.8) is 0 Å². The van der Waals surface area contributed by atoms with Gasteiger partial charge >= 0.3 is 5.97 Å². The van der Waals surface area contributed by atoms with Crippen LogP contribution < -0.4 is 5.32 Å². The van der Waals surface area contributed by atoms with Crippen LogP contribution in [0.15, 0.2) is 23.7 Å². The number of nitrogens with zero attached hydrogens (tertiary/aromatic N) is 2. The summed E-state index contributed by atoms with van der Waals surface area (Å²) in [4.78, 5) is 30.6. The molecule has 0 radical (unpaired) electrons. The number of rotatable bonds is 5. The Bertz CT molecular complexity index is 639. The van der Waals surface area contributed by atoms with Crippen molar-refractivity contribution in [2.75, 3.05) is 6.54 Å². The van der Waals surface area contributed by atoms with Crippen LogP contribution in [0.25, 0.3) is 0 Å². The van der Waals surface area contributed by atoms with Gasteiger partial charge in [-0.05, 0) is 19.1 Å². The Morgan fingerprint density at radius 1 is 1.45 bits per heavy atom. The van der Waals surface area contributed by atoms with Gasteiger partial charge in [0.25, 0.3) is 5.91 Å². The van der Waals surface area contributed by atoms with E-state index < -0.39 is 5.97 Å². The van der Waals surface area contributed by atoms with Crippen molar-refractivity contribution >= 4 is 23.2 Å². The van der Waals surface area contributed by atoms with Crippen LogP contribution in [-0.2, 0) is 6.42 Å². The van der Waals surface area contributed by atoms with Gasteiger partial charge in [0.1, 0.15) is 5.69 Å². The van der Waals surface area contributed by atoms with Crippen LogP contribution in [0.3, 0.4) is 0 Å². The number of thiazole rings is 1. The van der Waals surface area contributed by atoms with Crippen molar-refractivity contribution < 1.29 is 14.7 Å². The molecule has 0 aliphatic heterocycles. The Morgan fingerprint density at radius 2 is 2.25 bits per heavy atom. The van der Waals surface area contributed by atoms with E-state index in [1.54, 1.807) is 11.3 Å². The number of aromatic carboxylic acids is 1. The first-order chi connectivity index (χ1) is 9.56. The Balaban J connectivity index is 1.91. The molecule has 0 fully saturated rings. The molecule has 0 aliphatic rings. The maximum Gasteiger partial charge on any atom is 0.354 e. The lowest BCUT2D eigenvalue weighted by molar-refractivity contribution is 0.0690. The van der Waals surface area contributed by atoms with E-state index in [2.05, 4.69) is 15.3 Å². The van der Waals surface area contributed by atoms with Crippen molar-refractivity contribution in [1.29, 1.82) is 0 Å². The van der Waals surface area contributed by atoms with Gasteiger partial charge in [0.2, 0.25) is 0 Å². The van der Waals surface area contributed by atoms with Crippen LogP contribution in [0, 0.1) is 6.92 Å². The number of carboxylic acids is 1. The number of aromatic nitrogens is 2. The molecule has 6 nitrogen and oxygen atoms in total. The summed E-state index contributed by atoms with van der Waals surface area (Å²) in [5.41, 5.74) is 1.08. The fourth-order valence-corrected chi connectivity index (χ4v) is 2.27. The van der Waals surface area contributed by atoms with Crippen molar-refractivity contribution in [3.05, 3.63) is 45.7 Å². The Hall–Kier alpha value is -2.28. The standard InChI is InChI=1S/C13H13N3O3S/c1-8-16-10(7-20-8)3-5-15-12(17)9-2-4-14-11(6-9)13(18)19/h2,4,6-7H,3,5H2,1H3,(H,15,17)(H,18,19). The van der Waals surface area contributed by atoms with E-state index in [0.717, 1.165) is 10.7 Å². The molecule has 2 heterocycles. The van der Waals surface area contributed by atoms with Crippen LogP contribution in [0.2, 0.25) is 0 Å². The second-order valence-corrected chi connectivity index (χ2v) is 5.16. The summed E-state index contributed by atoms with van der Waals surface area (Å²) < 4.78 is 0. The molecule has 20 heavy (non-hydrogen) atoms. The fraction of sp³-hybridized carbons (Fsp3) is 0.231. The molecule has 0 saturated carbocycles. The third-order valence-electron chi connectivity index (χ3n) is 2.57. The average molecular weight is 291 g/mol. The van der Waals surface area contributed by atoms with E-state index in [0.29, 0.717) is 13.0 Å². The largest absolute Gasteiger partial charge is 0.477 e. The molecular weight excluding hydrogens is 278 g/mol. The van der Waals surface area contributed by atoms with Gasteiger partial charge < -0.3 is 10.4 Å². The zero-order valence-corrected chi connectivity index (χ0v) is 11.6. The molecule has 0 atom stereocenters. The predicted octanol–water partition coefficient (Wildman–Crippen LogP) is 1.52. The molecule has 0 saturated heterocycles. The molecule has 2 N–H and O–H groups in total. The second kappa shape index (κ2) is 6.25. The predicted molar refractivity (Wildman–Crippen MR) is 74.1 cm³/mol. The van der Waals surface area contributed by atoms with E-state index in [1.807, 2.05) is 12.3 Å². The zero-order valence-electron chi connectivity index (χ0n) is 10.8. The Labute approximate surface area is 119 Å². The molecule has 0 unspecified atom stereocenters. The number of carbonyl (C=O) groups is 2. The SMILES string of the molecule is Cc1nc(CCNC(=O)c2ccnc(C(=O)O)c2)cs1. The van der Waals surface area contributed by atoms with Gasteiger partial charge in [-0.1, -0.05) is 0 Å². The number of carbonyl (C=O) groups excluding carboxylic acids is 1. The van der Waals surface area contributed by atoms with E-state index in [-0.39, 0.29) is 17.2 Å². The molecule has 0 spiro atoms. The maximum atomic E-state index is 11.9. The quantitative estimate of drug-likeness (QED) is 0.871. The van der Waals surface area contributed by atoms with Crippen LogP contribution in [0.5, 0.6) is 0 Å². The fourth-order valence-electron chi connectivity index (χ4n) is 1.62. The van der Waals surface area contributed by atoms with Gasteiger partial charge in [0, 0.05) is 30.1 Å². The minimum atomic E-state index is -1.16. The van der Waals surface area contributed by atoms with Gasteiger partial charge in [-0.15, -0.1) is 11.3 Å². The summed E-state index contributed by atoms with van der Waals surface area (Å²) in [5.74, 6) is -1.47. The molecule has 0 aliphatic carbocycles. The van der Waals surface area contributed by atoms with Gasteiger partial charge in [-0.25, -0.2) is 14.8 Å². The molecule has 0 bridgehead atoms. The second-order valence-electron chi connectivity index (χ2n) is 4.10. The molecule has 104 valence electrons. The highest BCUT2D eigenvalue weighted by Gasteiger charge is 2.10. The summed E-state index contributed by atoms with van der Waals surface area (Å²) in [6, 6.07) is 2.74. The van der Waals surface area contributed by atoms with Crippen LogP contribution in [-0.4, -0.2) is 33.5 Å². The number of hydrogen-bond acceptors (Lipinski definition) is 5. The van der Waals surface area contributed by atoms with Crippen LogP contribution in [0.4, 0.5) is 0 Å². The van der Waals surface area contributed by atoms with E-state index in [4.69, 9.17) is 5.11 Å². The number of amides is 1. The number of pyridine rings is 1. The molecule has 7 heteroatoms. The van der Waals surface area contributed by atoms with Crippen LogP contribution in [0.1, 0.15) is 31.5 Å².